The van der Waals surface area contributed by atoms with Crippen LogP contribution >= 0.6 is 23.2 Å². The van der Waals surface area contributed by atoms with Gasteiger partial charge in [-0.2, -0.15) is 0 Å². The molecule has 0 unspecified atom stereocenters. The normalized spacial score (nSPS) is 13.2. The zero-order valence-electron chi connectivity index (χ0n) is 13.7. The topological polar surface area (TPSA) is 46.2 Å². The van der Waals surface area contributed by atoms with Crippen LogP contribution < -0.4 is 4.72 Å². The molecule has 0 saturated heterocycles. The van der Waals surface area contributed by atoms with Gasteiger partial charge in [-0.1, -0.05) is 73.4 Å². The van der Waals surface area contributed by atoms with Crippen molar-refractivity contribution in [3.05, 3.63) is 69.7 Å². The summed E-state index contributed by atoms with van der Waals surface area (Å²) in [5.41, 5.74) is 1.37. The van der Waals surface area contributed by atoms with Crippen molar-refractivity contribution in [3.63, 3.8) is 0 Å². The van der Waals surface area contributed by atoms with Crippen LogP contribution in [-0.2, 0) is 15.8 Å². The van der Waals surface area contributed by atoms with Crippen molar-refractivity contribution in [2.75, 3.05) is 0 Å². The standard InChI is InChI=1S/C18H21Cl2NO2S/c1-13(2)11-18(14-7-4-3-5-8-14)21-24(22,23)12-15-16(19)9-6-10-17(15)20/h3-10,13,18,21H,11-12H2,1-2H3/t18-/m1/s1. The lowest BCUT2D eigenvalue weighted by atomic mass is 9.98. The van der Waals surface area contributed by atoms with Gasteiger partial charge in [-0.15, -0.1) is 0 Å². The van der Waals surface area contributed by atoms with E-state index in [4.69, 9.17) is 23.2 Å². The molecule has 3 nitrogen and oxygen atoms in total. The SMILES string of the molecule is CC(C)C[C@@H](NS(=O)(=O)Cc1c(Cl)cccc1Cl)c1ccccc1. The first-order valence-corrected chi connectivity index (χ1v) is 10.2. The van der Waals surface area contributed by atoms with Crippen LogP contribution in [0.15, 0.2) is 48.5 Å². The van der Waals surface area contributed by atoms with Crippen molar-refractivity contribution in [1.82, 2.24) is 4.72 Å². The second-order valence-corrected chi connectivity index (χ2v) is 8.74. The number of hydrogen-bond acceptors (Lipinski definition) is 2. The van der Waals surface area contributed by atoms with Gasteiger partial charge < -0.3 is 0 Å². The van der Waals surface area contributed by atoms with E-state index in [1.807, 2.05) is 30.3 Å². The van der Waals surface area contributed by atoms with Crippen LogP contribution in [0.5, 0.6) is 0 Å². The minimum absolute atomic E-state index is 0.243. The van der Waals surface area contributed by atoms with Gasteiger partial charge in [0.2, 0.25) is 10.0 Å². The van der Waals surface area contributed by atoms with Crippen molar-refractivity contribution < 1.29 is 8.42 Å². The van der Waals surface area contributed by atoms with Crippen molar-refractivity contribution in [2.45, 2.75) is 32.1 Å². The van der Waals surface area contributed by atoms with Gasteiger partial charge >= 0.3 is 0 Å². The van der Waals surface area contributed by atoms with Gasteiger partial charge in [-0.3, -0.25) is 0 Å². The lowest BCUT2D eigenvalue weighted by Crippen LogP contribution is -2.30. The summed E-state index contributed by atoms with van der Waals surface area (Å²) >= 11 is 12.2. The Balaban J connectivity index is 2.24. The predicted octanol–water partition coefficient (Wildman–Crippen LogP) is 5.20. The molecule has 0 spiro atoms. The first kappa shape index (κ1) is 19.3. The molecule has 2 aromatic rings. The van der Waals surface area contributed by atoms with Crippen LogP contribution in [-0.4, -0.2) is 8.42 Å². The number of sulfonamides is 1. The molecule has 1 N–H and O–H groups in total. The smallest absolute Gasteiger partial charge is 0.212 e. The molecule has 6 heteroatoms. The number of benzene rings is 2. The molecule has 0 fully saturated rings. The van der Waals surface area contributed by atoms with Crippen molar-refractivity contribution in [3.8, 4) is 0 Å². The Kier molecular flexibility index (Phi) is 6.70. The fourth-order valence-corrected chi connectivity index (χ4v) is 4.66. The highest BCUT2D eigenvalue weighted by Crippen LogP contribution is 2.28. The Bertz CT molecular complexity index is 757. The lowest BCUT2D eigenvalue weighted by Gasteiger charge is -2.21. The first-order valence-electron chi connectivity index (χ1n) is 7.76. The minimum Gasteiger partial charge on any atom is -0.212 e. The molecular weight excluding hydrogens is 365 g/mol. The third-order valence-electron chi connectivity index (χ3n) is 3.63. The van der Waals surface area contributed by atoms with Gasteiger partial charge in [0.15, 0.2) is 0 Å². The third kappa shape index (κ3) is 5.49. The molecule has 0 radical (unpaired) electrons. The van der Waals surface area contributed by atoms with Crippen molar-refractivity contribution in [2.24, 2.45) is 5.92 Å². The molecule has 0 bridgehead atoms. The largest absolute Gasteiger partial charge is 0.216 e. The molecule has 0 aliphatic rings. The number of rotatable bonds is 7. The molecule has 0 heterocycles. The molecule has 2 aromatic carbocycles. The highest BCUT2D eigenvalue weighted by molar-refractivity contribution is 7.88. The van der Waals surface area contributed by atoms with Gasteiger partial charge in [-0.05, 0) is 30.0 Å². The van der Waals surface area contributed by atoms with E-state index in [-0.39, 0.29) is 11.8 Å². The van der Waals surface area contributed by atoms with Crippen molar-refractivity contribution in [1.29, 1.82) is 0 Å². The first-order chi connectivity index (χ1) is 11.3. The van der Waals surface area contributed by atoms with Gasteiger partial charge in [0.05, 0.1) is 5.75 Å². The predicted molar refractivity (Wildman–Crippen MR) is 101 cm³/mol. The summed E-state index contributed by atoms with van der Waals surface area (Å²) in [4.78, 5) is 0. The molecule has 0 amide bonds. The highest BCUT2D eigenvalue weighted by Gasteiger charge is 2.22. The highest BCUT2D eigenvalue weighted by atomic mass is 35.5. The van der Waals surface area contributed by atoms with Crippen LogP contribution in [0.1, 0.15) is 37.4 Å². The summed E-state index contributed by atoms with van der Waals surface area (Å²) in [6.45, 7) is 4.13. The molecule has 2 rings (SSSR count). The van der Waals surface area contributed by atoms with Gasteiger partial charge in [0.1, 0.15) is 0 Å². The lowest BCUT2D eigenvalue weighted by molar-refractivity contribution is 0.472. The molecule has 0 aromatic heterocycles. The quantitative estimate of drug-likeness (QED) is 0.711. The molecule has 24 heavy (non-hydrogen) atoms. The number of halogens is 2. The van der Waals surface area contributed by atoms with E-state index in [2.05, 4.69) is 18.6 Å². The summed E-state index contributed by atoms with van der Waals surface area (Å²) in [6, 6.07) is 14.3. The maximum atomic E-state index is 12.6. The summed E-state index contributed by atoms with van der Waals surface area (Å²) in [5.74, 6) is 0.106. The Morgan fingerprint density at radius 2 is 1.54 bits per heavy atom. The van der Waals surface area contributed by atoms with E-state index in [0.717, 1.165) is 5.56 Å². The second kappa shape index (κ2) is 8.34. The molecular formula is C18H21Cl2NO2S. The Morgan fingerprint density at radius 1 is 0.958 bits per heavy atom. The van der Waals surface area contributed by atoms with Gasteiger partial charge in [-0.25, -0.2) is 13.1 Å². The summed E-state index contributed by atoms with van der Waals surface area (Å²) < 4.78 is 28.1. The summed E-state index contributed by atoms with van der Waals surface area (Å²) in [5, 5.41) is 0.709. The van der Waals surface area contributed by atoms with Crippen molar-refractivity contribution >= 4 is 33.2 Å². The molecule has 0 saturated carbocycles. The molecule has 0 aliphatic carbocycles. The van der Waals surface area contributed by atoms with E-state index in [9.17, 15) is 8.42 Å². The van der Waals surface area contributed by atoms with Crippen LogP contribution in [0.3, 0.4) is 0 Å². The zero-order chi connectivity index (χ0) is 17.7. The summed E-state index contributed by atoms with van der Waals surface area (Å²) in [6.07, 6.45) is 0.708. The Hall–Kier alpha value is -1.07. The van der Waals surface area contributed by atoms with Crippen LogP contribution in [0, 0.1) is 5.92 Å². The van der Waals surface area contributed by atoms with E-state index in [0.29, 0.717) is 27.9 Å². The average Bonchev–Trinajstić information content (AvgIpc) is 2.51. The number of nitrogens with one attached hydrogen (secondary N) is 1. The van der Waals surface area contributed by atoms with Crippen LogP contribution in [0.4, 0.5) is 0 Å². The van der Waals surface area contributed by atoms with Gasteiger partial charge in [0.25, 0.3) is 0 Å². The third-order valence-corrected chi connectivity index (χ3v) is 5.65. The maximum absolute atomic E-state index is 12.6. The molecule has 0 aliphatic heterocycles. The monoisotopic (exact) mass is 385 g/mol. The average molecular weight is 386 g/mol. The van der Waals surface area contributed by atoms with E-state index >= 15 is 0 Å². The van der Waals surface area contributed by atoms with Crippen LogP contribution in [0.25, 0.3) is 0 Å². The minimum atomic E-state index is -3.59. The maximum Gasteiger partial charge on any atom is 0.216 e. The molecule has 130 valence electrons. The Morgan fingerprint density at radius 3 is 2.08 bits per heavy atom. The Labute approximate surface area is 154 Å². The second-order valence-electron chi connectivity index (χ2n) is 6.17. The zero-order valence-corrected chi connectivity index (χ0v) is 16.0. The number of hydrogen-bond donors (Lipinski definition) is 1. The van der Waals surface area contributed by atoms with E-state index < -0.39 is 10.0 Å². The van der Waals surface area contributed by atoms with Crippen LogP contribution in [0.2, 0.25) is 10.0 Å². The summed E-state index contributed by atoms with van der Waals surface area (Å²) in [7, 11) is -3.59. The van der Waals surface area contributed by atoms with Gasteiger partial charge in [0, 0.05) is 21.7 Å². The molecule has 1 atom stereocenters. The van der Waals surface area contributed by atoms with E-state index in [1.165, 1.54) is 0 Å². The fourth-order valence-electron chi connectivity index (χ4n) is 2.53. The van der Waals surface area contributed by atoms with E-state index in [1.54, 1.807) is 18.2 Å². The fraction of sp³-hybridized carbons (Fsp3) is 0.333.